The lowest BCUT2D eigenvalue weighted by atomic mass is 9.95. The summed E-state index contributed by atoms with van der Waals surface area (Å²) >= 11 is 0. The minimum Gasteiger partial charge on any atom is -0.457 e. The van der Waals surface area contributed by atoms with Gasteiger partial charge in [-0.25, -0.2) is 9.97 Å². The normalized spacial score (nSPS) is 13.7. The zero-order chi connectivity index (χ0) is 26.6. The number of rotatable bonds is 8. The highest BCUT2D eigenvalue weighted by atomic mass is 16.5. The van der Waals surface area contributed by atoms with Gasteiger partial charge >= 0.3 is 0 Å². The molecule has 4 N–H and O–H groups in total. The molecule has 39 heavy (non-hydrogen) atoms. The Bertz CT molecular complexity index is 1590. The molecule has 3 aromatic carbocycles. The maximum Gasteiger partial charge on any atom is 0.250 e. The zero-order valence-electron chi connectivity index (χ0n) is 21.5. The fourth-order valence-electron chi connectivity index (χ4n) is 5.11. The second kappa shape index (κ2) is 10.9. The third-order valence-electron chi connectivity index (χ3n) is 7.09. The fraction of sp³-hybridized carbons (Fsp3) is 0.194. The Balaban J connectivity index is 1.25. The monoisotopic (exact) mass is 518 g/mol. The zero-order valence-corrected chi connectivity index (χ0v) is 21.5. The van der Waals surface area contributed by atoms with Crippen LogP contribution in [-0.2, 0) is 0 Å². The van der Waals surface area contributed by atoms with Gasteiger partial charge in [0.25, 0.3) is 5.91 Å². The molecule has 5 aromatic rings. The third-order valence-corrected chi connectivity index (χ3v) is 7.09. The van der Waals surface area contributed by atoms with E-state index in [0.29, 0.717) is 17.4 Å². The van der Waals surface area contributed by atoms with E-state index in [4.69, 9.17) is 10.5 Å². The topological polar surface area (TPSA) is 107 Å². The predicted molar refractivity (Wildman–Crippen MR) is 154 cm³/mol. The number of aromatic nitrogens is 3. The van der Waals surface area contributed by atoms with Gasteiger partial charge in [-0.05, 0) is 73.5 Å². The Labute approximate surface area is 226 Å². The Hall–Kier alpha value is -4.85. The van der Waals surface area contributed by atoms with Gasteiger partial charge in [0, 0.05) is 29.3 Å². The van der Waals surface area contributed by atoms with Crippen molar-refractivity contribution in [3.8, 4) is 17.2 Å². The summed E-state index contributed by atoms with van der Waals surface area (Å²) in [4.78, 5) is 21.2. The second-order valence-corrected chi connectivity index (χ2v) is 9.78. The minimum absolute atomic E-state index is 0.344. The molecule has 1 amide bonds. The van der Waals surface area contributed by atoms with Crippen LogP contribution < -0.4 is 21.1 Å². The van der Waals surface area contributed by atoms with Gasteiger partial charge in [-0.3, -0.25) is 4.79 Å². The number of benzene rings is 3. The summed E-state index contributed by atoms with van der Waals surface area (Å²) in [5.41, 5.74) is 9.49. The number of amides is 1. The van der Waals surface area contributed by atoms with E-state index in [1.807, 2.05) is 83.6 Å². The van der Waals surface area contributed by atoms with E-state index in [1.54, 1.807) is 12.4 Å². The van der Waals surface area contributed by atoms with Crippen LogP contribution >= 0.6 is 0 Å². The average Bonchev–Trinajstić information content (AvgIpc) is 3.40. The van der Waals surface area contributed by atoms with Crippen molar-refractivity contribution in [2.75, 3.05) is 10.6 Å². The lowest BCUT2D eigenvalue weighted by Gasteiger charge is -2.25. The molecule has 1 saturated carbocycles. The van der Waals surface area contributed by atoms with Crippen LogP contribution in [0.5, 0.6) is 11.5 Å². The molecular weight excluding hydrogens is 488 g/mol. The number of nitrogens with two attached hydrogens (primary N) is 1. The average molecular weight is 519 g/mol. The summed E-state index contributed by atoms with van der Waals surface area (Å²) in [7, 11) is 0. The fourth-order valence-corrected chi connectivity index (χ4v) is 5.11. The number of anilines is 3. The standard InChI is InChI=1S/C31H30N6O2/c32-29(38)26-16-13-23(19-28(26)35-21-7-3-1-4-8-21)37-18-17-27-30(33-20-34-31(27)37)36-22-11-14-25(15-12-22)39-24-9-5-2-6-10-24/h2,5-6,9-21,35H,1,3-4,7-8H2,(H2,32,38)(H,33,34,36). The predicted octanol–water partition coefficient (Wildman–Crippen LogP) is 6.80. The van der Waals surface area contributed by atoms with Crippen LogP contribution in [0, 0.1) is 0 Å². The van der Waals surface area contributed by atoms with Crippen LogP contribution in [0.25, 0.3) is 16.7 Å². The summed E-state index contributed by atoms with van der Waals surface area (Å²) in [5, 5.41) is 7.85. The van der Waals surface area contributed by atoms with Crippen LogP contribution in [0.4, 0.5) is 17.2 Å². The molecule has 2 aromatic heterocycles. The number of fused-ring (bicyclic) bond motifs is 1. The van der Waals surface area contributed by atoms with E-state index >= 15 is 0 Å². The molecule has 2 heterocycles. The Morgan fingerprint density at radius 3 is 2.44 bits per heavy atom. The maximum atomic E-state index is 12.1. The van der Waals surface area contributed by atoms with Gasteiger partial charge in [0.05, 0.1) is 10.9 Å². The van der Waals surface area contributed by atoms with Gasteiger partial charge in [0.15, 0.2) is 0 Å². The number of carbonyl (C=O) groups excluding carboxylic acids is 1. The van der Waals surface area contributed by atoms with Crippen molar-refractivity contribution in [2.24, 2.45) is 5.73 Å². The molecule has 0 unspecified atom stereocenters. The van der Waals surface area contributed by atoms with Crippen LogP contribution in [0.2, 0.25) is 0 Å². The van der Waals surface area contributed by atoms with Crippen molar-refractivity contribution in [3.05, 3.63) is 97.0 Å². The van der Waals surface area contributed by atoms with E-state index in [1.165, 1.54) is 19.3 Å². The molecule has 6 rings (SSSR count). The third kappa shape index (κ3) is 5.40. The second-order valence-electron chi connectivity index (χ2n) is 9.78. The molecule has 0 spiro atoms. The minimum atomic E-state index is -0.439. The summed E-state index contributed by atoms with van der Waals surface area (Å²) in [5.74, 6) is 1.80. The molecule has 0 saturated heterocycles. The Morgan fingerprint density at radius 2 is 1.67 bits per heavy atom. The molecule has 8 heteroatoms. The van der Waals surface area contributed by atoms with Crippen molar-refractivity contribution in [2.45, 2.75) is 38.1 Å². The number of ether oxygens (including phenoxy) is 1. The molecule has 1 aliphatic carbocycles. The number of hydrogen-bond donors (Lipinski definition) is 3. The largest absolute Gasteiger partial charge is 0.457 e. The van der Waals surface area contributed by atoms with E-state index in [2.05, 4.69) is 20.6 Å². The summed E-state index contributed by atoms with van der Waals surface area (Å²) in [6, 6.07) is 25.4. The van der Waals surface area contributed by atoms with Crippen molar-refractivity contribution < 1.29 is 9.53 Å². The number of para-hydroxylation sites is 1. The number of nitrogens with one attached hydrogen (secondary N) is 2. The van der Waals surface area contributed by atoms with Crippen molar-refractivity contribution in [1.29, 1.82) is 0 Å². The van der Waals surface area contributed by atoms with Crippen LogP contribution in [0.3, 0.4) is 0 Å². The molecule has 0 bridgehead atoms. The molecule has 0 atom stereocenters. The number of carbonyl (C=O) groups is 1. The van der Waals surface area contributed by atoms with Crippen molar-refractivity contribution >= 4 is 34.1 Å². The Morgan fingerprint density at radius 1 is 0.897 bits per heavy atom. The van der Waals surface area contributed by atoms with Crippen LogP contribution in [0.15, 0.2) is 91.4 Å². The number of nitrogens with zero attached hydrogens (tertiary/aromatic N) is 3. The van der Waals surface area contributed by atoms with E-state index in [9.17, 15) is 4.79 Å². The van der Waals surface area contributed by atoms with Crippen molar-refractivity contribution in [3.63, 3.8) is 0 Å². The van der Waals surface area contributed by atoms with Gasteiger partial charge in [-0.2, -0.15) is 0 Å². The van der Waals surface area contributed by atoms with Gasteiger partial charge < -0.3 is 25.7 Å². The molecule has 8 nitrogen and oxygen atoms in total. The highest BCUT2D eigenvalue weighted by Crippen LogP contribution is 2.30. The first-order valence-corrected chi connectivity index (χ1v) is 13.3. The molecular formula is C31H30N6O2. The van der Waals surface area contributed by atoms with Gasteiger partial charge in [0.2, 0.25) is 0 Å². The lowest BCUT2D eigenvalue weighted by molar-refractivity contribution is 0.100. The maximum absolute atomic E-state index is 12.1. The highest BCUT2D eigenvalue weighted by molar-refractivity contribution is 5.99. The van der Waals surface area contributed by atoms with Crippen LogP contribution in [0.1, 0.15) is 42.5 Å². The first kappa shape index (κ1) is 24.5. The van der Waals surface area contributed by atoms with E-state index in [0.717, 1.165) is 52.4 Å². The molecule has 0 radical (unpaired) electrons. The first-order valence-electron chi connectivity index (χ1n) is 13.3. The quantitative estimate of drug-likeness (QED) is 0.209. The van der Waals surface area contributed by atoms with E-state index < -0.39 is 5.91 Å². The van der Waals surface area contributed by atoms with Crippen molar-refractivity contribution in [1.82, 2.24) is 14.5 Å². The summed E-state index contributed by atoms with van der Waals surface area (Å²) in [6.45, 7) is 0. The first-order chi connectivity index (χ1) is 19.1. The Kier molecular flexibility index (Phi) is 6.82. The van der Waals surface area contributed by atoms with Crippen LogP contribution in [-0.4, -0.2) is 26.5 Å². The van der Waals surface area contributed by atoms with Gasteiger partial charge in [-0.15, -0.1) is 0 Å². The molecule has 1 fully saturated rings. The number of primary amides is 1. The summed E-state index contributed by atoms with van der Waals surface area (Å²) < 4.78 is 7.89. The van der Waals surface area contributed by atoms with E-state index in [-0.39, 0.29) is 0 Å². The highest BCUT2D eigenvalue weighted by Gasteiger charge is 2.18. The lowest BCUT2D eigenvalue weighted by Crippen LogP contribution is -2.24. The SMILES string of the molecule is NC(=O)c1ccc(-n2ccc3c(Nc4ccc(Oc5ccccc5)cc4)ncnc32)cc1NC1CCCCC1. The molecule has 1 aliphatic rings. The number of hydrogen-bond acceptors (Lipinski definition) is 6. The molecule has 196 valence electrons. The van der Waals surface area contributed by atoms with Gasteiger partial charge in [-0.1, -0.05) is 37.5 Å². The molecule has 0 aliphatic heterocycles. The summed E-state index contributed by atoms with van der Waals surface area (Å²) in [6.07, 6.45) is 9.35. The smallest absolute Gasteiger partial charge is 0.250 e. The van der Waals surface area contributed by atoms with Gasteiger partial charge in [0.1, 0.15) is 29.3 Å².